The van der Waals surface area contributed by atoms with Crippen LogP contribution in [-0.4, -0.2) is 31.0 Å². The molecule has 3 rings (SSSR count). The Hall–Kier alpha value is -3.75. The summed E-state index contributed by atoms with van der Waals surface area (Å²) < 4.78 is 39.7. The van der Waals surface area contributed by atoms with Gasteiger partial charge in [0, 0.05) is 0 Å². The van der Waals surface area contributed by atoms with Crippen LogP contribution in [0.25, 0.3) is 6.08 Å². The number of aliphatic imine (C=N–C) groups is 1. The SMILES string of the molecule is NC(=O)COc1ccc(/C=C2/N=C(c3ccccc3OC(F)F)OC2=O)cc1. The molecule has 0 saturated heterocycles. The second kappa shape index (κ2) is 8.30. The van der Waals surface area contributed by atoms with E-state index >= 15 is 0 Å². The summed E-state index contributed by atoms with van der Waals surface area (Å²) in [6, 6.07) is 12.3. The Bertz CT molecular complexity index is 955. The van der Waals surface area contributed by atoms with Gasteiger partial charge in [0.25, 0.3) is 5.91 Å². The number of esters is 1. The number of cyclic esters (lactones) is 1. The smallest absolute Gasteiger partial charge is 0.387 e. The molecule has 1 amide bonds. The number of halogens is 2. The molecule has 0 unspecified atom stereocenters. The Labute approximate surface area is 158 Å². The van der Waals surface area contributed by atoms with Gasteiger partial charge in [-0.2, -0.15) is 8.78 Å². The highest BCUT2D eigenvalue weighted by Gasteiger charge is 2.26. The molecule has 1 heterocycles. The molecule has 7 nitrogen and oxygen atoms in total. The summed E-state index contributed by atoms with van der Waals surface area (Å²) in [7, 11) is 0. The van der Waals surface area contributed by atoms with Crippen LogP contribution in [0.5, 0.6) is 11.5 Å². The normalized spacial score (nSPS) is 14.8. The first-order chi connectivity index (χ1) is 13.4. The molecule has 144 valence electrons. The van der Waals surface area contributed by atoms with Crippen molar-refractivity contribution in [1.82, 2.24) is 0 Å². The third-order valence-electron chi connectivity index (χ3n) is 3.52. The van der Waals surface area contributed by atoms with E-state index in [4.69, 9.17) is 15.2 Å². The number of benzene rings is 2. The van der Waals surface area contributed by atoms with Gasteiger partial charge in [-0.1, -0.05) is 24.3 Å². The topological polar surface area (TPSA) is 100 Å². The molecule has 0 saturated carbocycles. The number of nitrogens with zero attached hydrogens (tertiary/aromatic N) is 1. The molecule has 9 heteroatoms. The summed E-state index contributed by atoms with van der Waals surface area (Å²) in [6.07, 6.45) is 1.46. The van der Waals surface area contributed by atoms with E-state index in [0.717, 1.165) is 0 Å². The van der Waals surface area contributed by atoms with Crippen LogP contribution in [0.1, 0.15) is 11.1 Å². The van der Waals surface area contributed by atoms with Gasteiger partial charge in [-0.15, -0.1) is 0 Å². The molecule has 28 heavy (non-hydrogen) atoms. The molecular weight excluding hydrogens is 374 g/mol. The number of hydrogen-bond donors (Lipinski definition) is 1. The fourth-order valence-electron chi connectivity index (χ4n) is 2.34. The van der Waals surface area contributed by atoms with Crippen molar-refractivity contribution in [3.8, 4) is 11.5 Å². The number of ether oxygens (including phenoxy) is 3. The quantitative estimate of drug-likeness (QED) is 0.580. The third-order valence-corrected chi connectivity index (χ3v) is 3.52. The molecule has 2 aromatic rings. The highest BCUT2D eigenvalue weighted by molar-refractivity contribution is 6.13. The minimum absolute atomic E-state index is 0.00680. The monoisotopic (exact) mass is 388 g/mol. The van der Waals surface area contributed by atoms with Gasteiger partial charge in [0.15, 0.2) is 12.3 Å². The van der Waals surface area contributed by atoms with E-state index in [9.17, 15) is 18.4 Å². The standard InChI is InChI=1S/C19H14F2N2O5/c20-19(21)27-15-4-2-1-3-13(15)17-23-14(18(25)28-17)9-11-5-7-12(8-6-11)26-10-16(22)24/h1-9,19H,10H2,(H2,22,24)/b14-9+. The number of rotatable bonds is 7. The molecule has 2 aromatic carbocycles. The van der Waals surface area contributed by atoms with Crippen molar-refractivity contribution in [3.63, 3.8) is 0 Å². The Kier molecular flexibility index (Phi) is 5.64. The lowest BCUT2D eigenvalue weighted by Gasteiger charge is -2.08. The Morgan fingerprint density at radius 3 is 2.57 bits per heavy atom. The largest absolute Gasteiger partial charge is 0.484 e. The first-order valence-corrected chi connectivity index (χ1v) is 8.00. The maximum absolute atomic E-state index is 12.5. The summed E-state index contributed by atoms with van der Waals surface area (Å²) in [6.45, 7) is -3.27. The summed E-state index contributed by atoms with van der Waals surface area (Å²) >= 11 is 0. The highest BCUT2D eigenvalue weighted by Crippen LogP contribution is 2.26. The molecule has 0 atom stereocenters. The molecule has 0 aromatic heterocycles. The predicted molar refractivity (Wildman–Crippen MR) is 94.8 cm³/mol. The minimum atomic E-state index is -3.02. The van der Waals surface area contributed by atoms with Gasteiger partial charge in [0.1, 0.15) is 11.5 Å². The van der Waals surface area contributed by atoms with Crippen LogP contribution in [0.3, 0.4) is 0 Å². The van der Waals surface area contributed by atoms with Crippen LogP contribution in [-0.2, 0) is 14.3 Å². The Morgan fingerprint density at radius 1 is 1.18 bits per heavy atom. The van der Waals surface area contributed by atoms with Crippen molar-refractivity contribution in [2.75, 3.05) is 6.61 Å². The van der Waals surface area contributed by atoms with Crippen molar-refractivity contribution >= 4 is 23.9 Å². The van der Waals surface area contributed by atoms with Gasteiger partial charge in [-0.05, 0) is 35.9 Å². The van der Waals surface area contributed by atoms with Crippen molar-refractivity contribution in [2.45, 2.75) is 6.61 Å². The maximum atomic E-state index is 12.5. The number of para-hydroxylation sites is 1. The third kappa shape index (κ3) is 4.70. The highest BCUT2D eigenvalue weighted by atomic mass is 19.3. The van der Waals surface area contributed by atoms with E-state index in [1.165, 1.54) is 24.3 Å². The molecule has 0 bridgehead atoms. The second-order valence-corrected chi connectivity index (χ2v) is 5.53. The summed E-state index contributed by atoms with van der Waals surface area (Å²) in [5.41, 5.74) is 5.74. The Balaban J connectivity index is 1.81. The fraction of sp³-hybridized carbons (Fsp3) is 0.105. The molecule has 0 fully saturated rings. The van der Waals surface area contributed by atoms with Gasteiger partial charge in [0.05, 0.1) is 5.56 Å². The predicted octanol–water partition coefficient (Wildman–Crippen LogP) is 2.50. The first-order valence-electron chi connectivity index (χ1n) is 8.00. The zero-order valence-electron chi connectivity index (χ0n) is 14.3. The molecule has 0 spiro atoms. The van der Waals surface area contributed by atoms with Gasteiger partial charge < -0.3 is 19.9 Å². The number of alkyl halides is 2. The minimum Gasteiger partial charge on any atom is -0.484 e. The first kappa shape index (κ1) is 19.0. The van der Waals surface area contributed by atoms with Gasteiger partial charge >= 0.3 is 12.6 Å². The van der Waals surface area contributed by atoms with E-state index in [0.29, 0.717) is 11.3 Å². The number of primary amides is 1. The van der Waals surface area contributed by atoms with Gasteiger partial charge in [0.2, 0.25) is 5.90 Å². The van der Waals surface area contributed by atoms with Crippen LogP contribution in [0.4, 0.5) is 8.78 Å². The number of carbonyl (C=O) groups is 2. The Morgan fingerprint density at radius 2 is 1.89 bits per heavy atom. The molecule has 2 N–H and O–H groups in total. The molecule has 1 aliphatic heterocycles. The second-order valence-electron chi connectivity index (χ2n) is 5.53. The van der Waals surface area contributed by atoms with Crippen molar-refractivity contribution in [3.05, 3.63) is 65.4 Å². The van der Waals surface area contributed by atoms with Crippen LogP contribution in [0, 0.1) is 0 Å². The average molecular weight is 388 g/mol. The number of hydrogen-bond acceptors (Lipinski definition) is 6. The number of nitrogens with two attached hydrogens (primary N) is 1. The van der Waals surface area contributed by atoms with E-state index in [1.54, 1.807) is 30.3 Å². The summed E-state index contributed by atoms with van der Waals surface area (Å²) in [4.78, 5) is 26.9. The summed E-state index contributed by atoms with van der Waals surface area (Å²) in [5.74, 6) is -1.18. The van der Waals surface area contributed by atoms with Gasteiger partial charge in [-0.3, -0.25) is 4.79 Å². The van der Waals surface area contributed by atoms with Crippen molar-refractivity contribution < 1.29 is 32.6 Å². The van der Waals surface area contributed by atoms with E-state index in [1.807, 2.05) is 0 Å². The van der Waals surface area contributed by atoms with Crippen molar-refractivity contribution in [2.24, 2.45) is 10.7 Å². The average Bonchev–Trinajstić information content (AvgIpc) is 3.01. The van der Waals surface area contributed by atoms with Crippen LogP contribution in [0.15, 0.2) is 59.2 Å². The van der Waals surface area contributed by atoms with Crippen molar-refractivity contribution in [1.29, 1.82) is 0 Å². The molecule has 0 radical (unpaired) electrons. The molecule has 1 aliphatic rings. The summed E-state index contributed by atoms with van der Waals surface area (Å²) in [5, 5.41) is 0. The zero-order chi connectivity index (χ0) is 20.1. The molecular formula is C19H14F2N2O5. The number of carbonyl (C=O) groups excluding carboxylic acids is 2. The molecule has 0 aliphatic carbocycles. The number of amides is 1. The van der Waals surface area contributed by atoms with E-state index in [2.05, 4.69) is 9.73 Å². The zero-order valence-corrected chi connectivity index (χ0v) is 14.3. The van der Waals surface area contributed by atoms with Crippen LogP contribution >= 0.6 is 0 Å². The lowest BCUT2D eigenvalue weighted by Crippen LogP contribution is -2.19. The van der Waals surface area contributed by atoms with Crippen LogP contribution in [0.2, 0.25) is 0 Å². The lowest BCUT2D eigenvalue weighted by molar-refractivity contribution is -0.130. The van der Waals surface area contributed by atoms with E-state index in [-0.39, 0.29) is 29.5 Å². The van der Waals surface area contributed by atoms with Gasteiger partial charge in [-0.25, -0.2) is 9.79 Å². The maximum Gasteiger partial charge on any atom is 0.387 e. The lowest BCUT2D eigenvalue weighted by atomic mass is 10.2. The fourth-order valence-corrected chi connectivity index (χ4v) is 2.34. The van der Waals surface area contributed by atoms with E-state index < -0.39 is 18.5 Å². The van der Waals surface area contributed by atoms with Crippen LogP contribution < -0.4 is 15.2 Å².